The van der Waals surface area contributed by atoms with Crippen molar-refractivity contribution in [2.45, 2.75) is 6.42 Å². The maximum Gasteiger partial charge on any atom is 0.228 e. The molecule has 0 spiro atoms. The minimum Gasteiger partial charge on any atom is -0.436 e. The molecule has 1 aromatic heterocycles. The monoisotopic (exact) mass is 532 g/mol. The average Bonchev–Trinajstić information content (AvgIpc) is 3.07. The van der Waals surface area contributed by atoms with Gasteiger partial charge in [-0.1, -0.05) is 30.3 Å². The van der Waals surface area contributed by atoms with Crippen molar-refractivity contribution in [2.24, 2.45) is 0 Å². The molecule has 0 unspecified atom stereocenters. The highest BCUT2D eigenvalue weighted by molar-refractivity contribution is 14.1. The van der Waals surface area contributed by atoms with E-state index < -0.39 is 0 Å². The number of amides is 1. The van der Waals surface area contributed by atoms with Crippen LogP contribution in [0, 0.1) is 3.57 Å². The third-order valence-electron chi connectivity index (χ3n) is 4.04. The second kappa shape index (κ2) is 7.82. The number of hydrogen-bond donors (Lipinski definition) is 1. The van der Waals surface area contributed by atoms with Crippen molar-refractivity contribution in [1.82, 2.24) is 4.98 Å². The van der Waals surface area contributed by atoms with E-state index in [1.165, 1.54) is 0 Å². The van der Waals surface area contributed by atoms with E-state index in [0.717, 1.165) is 19.2 Å². The summed E-state index contributed by atoms with van der Waals surface area (Å²) >= 11 is 5.80. The second-order valence-corrected chi connectivity index (χ2v) is 8.14. The molecule has 4 nitrogen and oxygen atoms in total. The highest BCUT2D eigenvalue weighted by Gasteiger charge is 2.13. The van der Waals surface area contributed by atoms with Gasteiger partial charge < -0.3 is 9.73 Å². The lowest BCUT2D eigenvalue weighted by atomic mass is 10.1. The van der Waals surface area contributed by atoms with E-state index in [1.54, 1.807) is 0 Å². The van der Waals surface area contributed by atoms with Crippen LogP contribution in [-0.4, -0.2) is 10.9 Å². The standard InChI is InChI=1S/C21H14BrIN2O2/c22-17-8-6-14(23)11-16(17)21-25-18-12-15(7-9-19(18)27-21)24-20(26)10-13-4-2-1-3-5-13/h1-9,11-12H,10H2,(H,24,26). The van der Waals surface area contributed by atoms with Crippen molar-refractivity contribution < 1.29 is 9.21 Å². The Morgan fingerprint density at radius 1 is 1.07 bits per heavy atom. The molecule has 134 valence electrons. The van der Waals surface area contributed by atoms with Crippen molar-refractivity contribution in [3.63, 3.8) is 0 Å². The summed E-state index contributed by atoms with van der Waals surface area (Å²) in [4.78, 5) is 16.9. The summed E-state index contributed by atoms with van der Waals surface area (Å²) in [6.07, 6.45) is 0.332. The third kappa shape index (κ3) is 4.22. The first-order valence-electron chi connectivity index (χ1n) is 8.28. The van der Waals surface area contributed by atoms with Crippen LogP contribution in [0.4, 0.5) is 5.69 Å². The molecule has 1 heterocycles. The third-order valence-corrected chi connectivity index (χ3v) is 5.40. The Morgan fingerprint density at radius 2 is 1.89 bits per heavy atom. The van der Waals surface area contributed by atoms with E-state index in [2.05, 4.69) is 48.8 Å². The Kier molecular flexibility index (Phi) is 5.27. The summed E-state index contributed by atoms with van der Waals surface area (Å²) in [6, 6.07) is 21.1. The number of nitrogens with one attached hydrogen (secondary N) is 1. The van der Waals surface area contributed by atoms with Gasteiger partial charge >= 0.3 is 0 Å². The summed E-state index contributed by atoms with van der Waals surface area (Å²) in [5.41, 5.74) is 3.95. The minimum atomic E-state index is -0.0652. The smallest absolute Gasteiger partial charge is 0.228 e. The van der Waals surface area contributed by atoms with Crippen LogP contribution in [0.25, 0.3) is 22.6 Å². The molecule has 0 bridgehead atoms. The van der Waals surface area contributed by atoms with Gasteiger partial charge in [0, 0.05) is 13.7 Å². The number of aromatic nitrogens is 1. The van der Waals surface area contributed by atoms with E-state index >= 15 is 0 Å². The predicted octanol–water partition coefficient (Wildman–Crippen LogP) is 6.04. The Balaban J connectivity index is 1.57. The number of carbonyl (C=O) groups excluding carboxylic acids is 1. The minimum absolute atomic E-state index is 0.0652. The molecule has 0 aliphatic heterocycles. The van der Waals surface area contributed by atoms with E-state index in [0.29, 0.717) is 29.1 Å². The maximum absolute atomic E-state index is 12.3. The second-order valence-electron chi connectivity index (χ2n) is 6.04. The SMILES string of the molecule is O=C(Cc1ccccc1)Nc1ccc2oc(-c3cc(I)ccc3Br)nc2c1. The number of nitrogens with zero attached hydrogens (tertiary/aromatic N) is 1. The lowest BCUT2D eigenvalue weighted by molar-refractivity contribution is -0.115. The zero-order chi connectivity index (χ0) is 18.8. The first kappa shape index (κ1) is 18.2. The zero-order valence-electron chi connectivity index (χ0n) is 14.1. The van der Waals surface area contributed by atoms with Crippen molar-refractivity contribution >= 4 is 61.2 Å². The molecule has 6 heteroatoms. The fraction of sp³-hybridized carbons (Fsp3) is 0.0476. The van der Waals surface area contributed by atoms with Gasteiger partial charge in [0.25, 0.3) is 0 Å². The molecular weight excluding hydrogens is 519 g/mol. The summed E-state index contributed by atoms with van der Waals surface area (Å²) in [5, 5.41) is 2.92. The fourth-order valence-corrected chi connectivity index (χ4v) is 3.68. The van der Waals surface area contributed by atoms with Gasteiger partial charge in [0.2, 0.25) is 11.8 Å². The summed E-state index contributed by atoms with van der Waals surface area (Å²) < 4.78 is 7.91. The molecule has 0 saturated carbocycles. The lowest BCUT2D eigenvalue weighted by Gasteiger charge is -2.04. The fourth-order valence-electron chi connectivity index (χ4n) is 2.77. The number of anilines is 1. The molecule has 0 aliphatic carbocycles. The summed E-state index contributed by atoms with van der Waals surface area (Å²) in [5.74, 6) is 0.479. The largest absolute Gasteiger partial charge is 0.436 e. The van der Waals surface area contributed by atoms with E-state index in [4.69, 9.17) is 4.42 Å². The molecule has 3 aromatic carbocycles. The van der Waals surface area contributed by atoms with Crippen molar-refractivity contribution in [3.05, 3.63) is 80.3 Å². The van der Waals surface area contributed by atoms with Gasteiger partial charge in [0.05, 0.1) is 12.0 Å². The van der Waals surface area contributed by atoms with Gasteiger partial charge in [-0.05, 0) is 80.5 Å². The molecule has 1 N–H and O–H groups in total. The maximum atomic E-state index is 12.3. The number of carbonyl (C=O) groups is 1. The topological polar surface area (TPSA) is 55.1 Å². The Morgan fingerprint density at radius 3 is 2.70 bits per heavy atom. The normalized spacial score (nSPS) is 10.9. The van der Waals surface area contributed by atoms with Crippen LogP contribution in [0.15, 0.2) is 75.6 Å². The first-order valence-corrected chi connectivity index (χ1v) is 10.2. The highest BCUT2D eigenvalue weighted by atomic mass is 127. The molecule has 1 amide bonds. The number of rotatable bonds is 4. The first-order chi connectivity index (χ1) is 13.1. The van der Waals surface area contributed by atoms with Crippen molar-refractivity contribution in [1.29, 1.82) is 0 Å². The number of hydrogen-bond acceptors (Lipinski definition) is 3. The van der Waals surface area contributed by atoms with Crippen LogP contribution >= 0.6 is 38.5 Å². The molecule has 0 radical (unpaired) electrons. The predicted molar refractivity (Wildman–Crippen MR) is 119 cm³/mol. The van der Waals surface area contributed by atoms with Gasteiger partial charge in [-0.25, -0.2) is 4.98 Å². The lowest BCUT2D eigenvalue weighted by Crippen LogP contribution is -2.14. The van der Waals surface area contributed by atoms with Crippen LogP contribution in [-0.2, 0) is 11.2 Å². The van der Waals surface area contributed by atoms with Gasteiger partial charge in [-0.2, -0.15) is 0 Å². The summed E-state index contributed by atoms with van der Waals surface area (Å²) in [7, 11) is 0. The van der Waals surface area contributed by atoms with E-state index in [1.807, 2.05) is 66.7 Å². The Hall–Kier alpha value is -2.19. The van der Waals surface area contributed by atoms with Crippen LogP contribution in [0.5, 0.6) is 0 Å². The van der Waals surface area contributed by atoms with Crippen LogP contribution in [0.3, 0.4) is 0 Å². The Bertz CT molecular complexity index is 1130. The van der Waals surface area contributed by atoms with Crippen LogP contribution in [0.2, 0.25) is 0 Å². The number of oxazole rings is 1. The van der Waals surface area contributed by atoms with E-state index in [-0.39, 0.29) is 5.91 Å². The molecule has 4 rings (SSSR count). The van der Waals surface area contributed by atoms with Crippen LogP contribution in [0.1, 0.15) is 5.56 Å². The Labute approximate surface area is 178 Å². The van der Waals surface area contributed by atoms with Gasteiger partial charge in [-0.3, -0.25) is 4.79 Å². The van der Waals surface area contributed by atoms with E-state index in [9.17, 15) is 4.79 Å². The molecule has 0 atom stereocenters. The molecule has 27 heavy (non-hydrogen) atoms. The zero-order valence-corrected chi connectivity index (χ0v) is 17.8. The molecule has 0 fully saturated rings. The average molecular weight is 533 g/mol. The molecule has 0 aliphatic rings. The van der Waals surface area contributed by atoms with Crippen molar-refractivity contribution in [3.8, 4) is 11.5 Å². The van der Waals surface area contributed by atoms with Gasteiger partial charge in [-0.15, -0.1) is 0 Å². The quantitative estimate of drug-likeness (QED) is 0.326. The molecule has 0 saturated heterocycles. The van der Waals surface area contributed by atoms with Crippen molar-refractivity contribution in [2.75, 3.05) is 5.32 Å². The van der Waals surface area contributed by atoms with Crippen LogP contribution < -0.4 is 5.32 Å². The number of fused-ring (bicyclic) bond motifs is 1. The van der Waals surface area contributed by atoms with Gasteiger partial charge in [0.15, 0.2) is 5.58 Å². The summed E-state index contributed by atoms with van der Waals surface area (Å²) in [6.45, 7) is 0. The molecule has 4 aromatic rings. The van der Waals surface area contributed by atoms with Gasteiger partial charge in [0.1, 0.15) is 5.52 Å². The molecular formula is C21H14BrIN2O2. The number of halogens is 2. The highest BCUT2D eigenvalue weighted by Crippen LogP contribution is 2.32. The number of benzene rings is 3.